The highest BCUT2D eigenvalue weighted by Gasteiger charge is 2.28. The van der Waals surface area contributed by atoms with Crippen molar-refractivity contribution in [2.75, 3.05) is 0 Å². The number of allylic oxidation sites excluding steroid dienone is 1. The number of phenolic OH excluding ortho intramolecular Hbond substituents is 1. The molecule has 5 N–H and O–H groups in total. The third-order valence-electron chi connectivity index (χ3n) is 2.76. The molecule has 1 aromatic rings. The number of nitrogens with one attached hydrogen (secondary N) is 2. The maximum atomic E-state index is 11.5. The number of carbonyl (C=O) groups is 1. The van der Waals surface area contributed by atoms with Crippen molar-refractivity contribution in [1.82, 2.24) is 10.6 Å². The zero-order valence-corrected chi connectivity index (χ0v) is 10.5. The van der Waals surface area contributed by atoms with E-state index in [9.17, 15) is 9.90 Å². The Morgan fingerprint density at radius 2 is 2.00 bits per heavy atom. The maximum absolute atomic E-state index is 11.5. The summed E-state index contributed by atoms with van der Waals surface area (Å²) in [5.41, 5.74) is 7.28. The Morgan fingerprint density at radius 1 is 1.39 bits per heavy atom. The van der Waals surface area contributed by atoms with Gasteiger partial charge in [0.15, 0.2) is 5.11 Å². The largest absolute Gasteiger partial charge is 0.508 e. The average molecular weight is 263 g/mol. The fourth-order valence-electron chi connectivity index (χ4n) is 1.94. The van der Waals surface area contributed by atoms with Gasteiger partial charge in [-0.25, -0.2) is 0 Å². The quantitative estimate of drug-likeness (QED) is 0.589. The highest BCUT2D eigenvalue weighted by molar-refractivity contribution is 7.80. The topological polar surface area (TPSA) is 87.4 Å². The van der Waals surface area contributed by atoms with Crippen LogP contribution in [-0.2, 0) is 4.79 Å². The minimum Gasteiger partial charge on any atom is -0.508 e. The van der Waals surface area contributed by atoms with Crippen LogP contribution < -0.4 is 16.4 Å². The predicted octanol–water partition coefficient (Wildman–Crippen LogP) is 0.670. The molecule has 0 unspecified atom stereocenters. The van der Waals surface area contributed by atoms with E-state index in [1.165, 1.54) is 0 Å². The van der Waals surface area contributed by atoms with Gasteiger partial charge in [0.1, 0.15) is 5.75 Å². The Hall–Kier alpha value is -2.08. The molecule has 18 heavy (non-hydrogen) atoms. The van der Waals surface area contributed by atoms with Crippen molar-refractivity contribution in [2.24, 2.45) is 5.73 Å². The Kier molecular flexibility index (Phi) is 3.20. The molecule has 0 spiro atoms. The van der Waals surface area contributed by atoms with Gasteiger partial charge in [-0.05, 0) is 36.8 Å². The number of benzene rings is 1. The van der Waals surface area contributed by atoms with Gasteiger partial charge < -0.3 is 21.5 Å². The molecule has 0 fully saturated rings. The van der Waals surface area contributed by atoms with E-state index in [4.69, 9.17) is 18.0 Å². The number of hydrogen-bond donors (Lipinski definition) is 4. The van der Waals surface area contributed by atoms with Crippen molar-refractivity contribution >= 4 is 23.2 Å². The molecule has 2 rings (SSSR count). The van der Waals surface area contributed by atoms with E-state index in [1.807, 2.05) is 0 Å². The van der Waals surface area contributed by atoms with Crippen LogP contribution in [0.2, 0.25) is 0 Å². The first-order valence-corrected chi connectivity index (χ1v) is 5.77. The summed E-state index contributed by atoms with van der Waals surface area (Å²) in [5, 5.41) is 15.6. The molecule has 1 heterocycles. The number of carbonyl (C=O) groups excluding carboxylic acids is 1. The number of hydrogen-bond acceptors (Lipinski definition) is 3. The summed E-state index contributed by atoms with van der Waals surface area (Å²) in [4.78, 5) is 11.5. The van der Waals surface area contributed by atoms with E-state index in [2.05, 4.69) is 10.6 Å². The van der Waals surface area contributed by atoms with Crippen molar-refractivity contribution in [2.45, 2.75) is 13.0 Å². The summed E-state index contributed by atoms with van der Waals surface area (Å²) in [6.45, 7) is 1.75. The average Bonchev–Trinajstić information content (AvgIpc) is 2.28. The third-order valence-corrected chi connectivity index (χ3v) is 2.98. The molecular formula is C12H13N3O2S. The molecule has 0 radical (unpaired) electrons. The van der Waals surface area contributed by atoms with Crippen molar-refractivity contribution in [1.29, 1.82) is 0 Å². The SMILES string of the molecule is CC1=C(C(N)=O)[C@H](c2ccc(O)cc2)NC(=S)N1. The van der Waals surface area contributed by atoms with Crippen molar-refractivity contribution in [3.8, 4) is 5.75 Å². The third kappa shape index (κ3) is 2.28. The van der Waals surface area contributed by atoms with Crippen LogP contribution in [0.1, 0.15) is 18.5 Å². The summed E-state index contributed by atoms with van der Waals surface area (Å²) in [5.74, 6) is -0.343. The smallest absolute Gasteiger partial charge is 0.248 e. The Balaban J connectivity index is 2.46. The van der Waals surface area contributed by atoms with Crippen LogP contribution in [0.5, 0.6) is 5.75 Å². The Bertz CT molecular complexity index is 537. The van der Waals surface area contributed by atoms with Gasteiger partial charge in [0.05, 0.1) is 11.6 Å². The molecule has 1 aromatic carbocycles. The fourth-order valence-corrected chi connectivity index (χ4v) is 2.21. The summed E-state index contributed by atoms with van der Waals surface area (Å²) < 4.78 is 0. The van der Waals surface area contributed by atoms with E-state index in [0.717, 1.165) is 5.56 Å². The summed E-state index contributed by atoms with van der Waals surface area (Å²) >= 11 is 5.07. The van der Waals surface area contributed by atoms with Gasteiger partial charge >= 0.3 is 0 Å². The minimum atomic E-state index is -0.506. The van der Waals surface area contributed by atoms with Gasteiger partial charge in [0.25, 0.3) is 0 Å². The van der Waals surface area contributed by atoms with E-state index < -0.39 is 11.9 Å². The molecular weight excluding hydrogens is 250 g/mol. The fraction of sp³-hybridized carbons (Fsp3) is 0.167. The van der Waals surface area contributed by atoms with E-state index in [0.29, 0.717) is 16.4 Å². The van der Waals surface area contributed by atoms with Gasteiger partial charge in [-0.15, -0.1) is 0 Å². The Morgan fingerprint density at radius 3 is 2.56 bits per heavy atom. The molecule has 1 aliphatic rings. The molecule has 94 valence electrons. The van der Waals surface area contributed by atoms with E-state index >= 15 is 0 Å². The molecule has 0 aliphatic carbocycles. The number of amides is 1. The van der Waals surface area contributed by atoms with E-state index in [1.54, 1.807) is 31.2 Å². The first-order chi connectivity index (χ1) is 8.49. The van der Waals surface area contributed by atoms with Gasteiger partial charge in [-0.2, -0.15) is 0 Å². The zero-order valence-electron chi connectivity index (χ0n) is 9.73. The second kappa shape index (κ2) is 4.66. The van der Waals surface area contributed by atoms with Crippen LogP contribution in [0.25, 0.3) is 0 Å². The highest BCUT2D eigenvalue weighted by atomic mass is 32.1. The monoisotopic (exact) mass is 263 g/mol. The molecule has 1 atom stereocenters. The van der Waals surface area contributed by atoms with Crippen LogP contribution in [0.4, 0.5) is 0 Å². The van der Waals surface area contributed by atoms with Crippen molar-refractivity contribution in [3.05, 3.63) is 41.1 Å². The highest BCUT2D eigenvalue weighted by Crippen LogP contribution is 2.27. The molecule has 0 saturated heterocycles. The minimum absolute atomic E-state index is 0.164. The first kappa shape index (κ1) is 12.4. The zero-order chi connectivity index (χ0) is 13.3. The van der Waals surface area contributed by atoms with Crippen molar-refractivity contribution in [3.63, 3.8) is 0 Å². The first-order valence-electron chi connectivity index (χ1n) is 5.36. The standard InChI is InChI=1S/C12H13N3O2S/c1-6-9(11(13)17)10(15-12(18)14-6)7-2-4-8(16)5-3-7/h2-5,10,16H,1H3,(H2,13,17)(H2,14,15,18)/t10-/m0/s1. The molecule has 1 aliphatic heterocycles. The number of primary amides is 1. The molecule has 0 bridgehead atoms. The maximum Gasteiger partial charge on any atom is 0.248 e. The lowest BCUT2D eigenvalue weighted by atomic mass is 9.95. The summed E-state index contributed by atoms with van der Waals surface area (Å²) in [6, 6.07) is 6.15. The van der Waals surface area contributed by atoms with Gasteiger partial charge in [-0.1, -0.05) is 12.1 Å². The second-order valence-corrected chi connectivity index (χ2v) is 4.43. The molecule has 0 aromatic heterocycles. The lowest BCUT2D eigenvalue weighted by molar-refractivity contribution is -0.115. The lowest BCUT2D eigenvalue weighted by Gasteiger charge is -2.29. The lowest BCUT2D eigenvalue weighted by Crippen LogP contribution is -2.46. The number of aromatic hydroxyl groups is 1. The van der Waals surface area contributed by atoms with Gasteiger partial charge in [0, 0.05) is 5.70 Å². The summed E-state index contributed by atoms with van der Waals surface area (Å²) in [6.07, 6.45) is 0. The van der Waals surface area contributed by atoms with Crippen LogP contribution in [0, 0.1) is 0 Å². The molecule has 6 heteroatoms. The van der Waals surface area contributed by atoms with Crippen LogP contribution >= 0.6 is 12.2 Å². The van der Waals surface area contributed by atoms with Crippen LogP contribution in [0.15, 0.2) is 35.5 Å². The van der Waals surface area contributed by atoms with Gasteiger partial charge in [0.2, 0.25) is 5.91 Å². The van der Waals surface area contributed by atoms with Crippen LogP contribution in [0.3, 0.4) is 0 Å². The summed E-state index contributed by atoms with van der Waals surface area (Å²) in [7, 11) is 0. The van der Waals surface area contributed by atoms with Crippen LogP contribution in [-0.4, -0.2) is 16.1 Å². The van der Waals surface area contributed by atoms with Crippen molar-refractivity contribution < 1.29 is 9.90 Å². The normalized spacial score (nSPS) is 19.2. The number of phenols is 1. The second-order valence-electron chi connectivity index (χ2n) is 4.03. The Labute approximate surface area is 110 Å². The van der Waals surface area contributed by atoms with E-state index in [-0.39, 0.29) is 5.75 Å². The molecule has 0 saturated carbocycles. The predicted molar refractivity (Wildman–Crippen MR) is 71.6 cm³/mol. The number of thiocarbonyl (C=S) groups is 1. The number of nitrogens with two attached hydrogens (primary N) is 1. The van der Waals surface area contributed by atoms with Gasteiger partial charge in [-0.3, -0.25) is 4.79 Å². The molecule has 5 nitrogen and oxygen atoms in total. The number of rotatable bonds is 2. The molecule has 1 amide bonds.